The molecule has 4 heteroatoms. The van der Waals surface area contributed by atoms with Gasteiger partial charge in [-0.05, 0) is 29.2 Å². The third kappa shape index (κ3) is 3.79. The smallest absolute Gasteiger partial charge is 0.200 e. The first-order valence-corrected chi connectivity index (χ1v) is 6.83. The van der Waals surface area contributed by atoms with E-state index in [1.165, 1.54) is 17.7 Å². The number of hydrogen-bond acceptors (Lipinski definition) is 2. The van der Waals surface area contributed by atoms with Crippen LogP contribution in [0.5, 0.6) is 5.75 Å². The second-order valence-electron chi connectivity index (χ2n) is 5.20. The Morgan fingerprint density at radius 1 is 1.00 bits per heavy atom. The summed E-state index contributed by atoms with van der Waals surface area (Å²) in [6, 6.07) is 11.2. The first-order chi connectivity index (χ1) is 9.99. The summed E-state index contributed by atoms with van der Waals surface area (Å²) in [5.41, 5.74) is 1.85. The zero-order valence-corrected chi connectivity index (χ0v) is 12.0. The molecule has 0 saturated heterocycles. The van der Waals surface area contributed by atoms with Crippen molar-refractivity contribution in [2.75, 3.05) is 6.61 Å². The minimum atomic E-state index is -1.04. The monoisotopic (exact) mass is 292 g/mol. The van der Waals surface area contributed by atoms with Crippen LogP contribution in [0, 0.1) is 11.6 Å². The highest BCUT2D eigenvalue weighted by atomic mass is 19.2. The molecule has 0 spiro atoms. The Balaban J connectivity index is 2.01. The summed E-state index contributed by atoms with van der Waals surface area (Å²) in [7, 11) is 0. The van der Waals surface area contributed by atoms with E-state index >= 15 is 0 Å². The van der Waals surface area contributed by atoms with Gasteiger partial charge in [0.2, 0.25) is 5.82 Å². The zero-order chi connectivity index (χ0) is 15.4. The molecule has 0 aliphatic carbocycles. The Morgan fingerprint density at radius 3 is 2.24 bits per heavy atom. The summed E-state index contributed by atoms with van der Waals surface area (Å²) in [6.07, 6.45) is -0.895. The van der Waals surface area contributed by atoms with Gasteiger partial charge in [-0.2, -0.15) is 4.39 Å². The van der Waals surface area contributed by atoms with Gasteiger partial charge in [0.1, 0.15) is 12.7 Å². The summed E-state index contributed by atoms with van der Waals surface area (Å²) in [6.45, 7) is 4.03. The maximum Gasteiger partial charge on any atom is 0.200 e. The van der Waals surface area contributed by atoms with Gasteiger partial charge in [-0.3, -0.25) is 0 Å². The summed E-state index contributed by atoms with van der Waals surface area (Å²) in [4.78, 5) is 0. The number of aliphatic hydroxyl groups excluding tert-OH is 1. The molecular weight excluding hydrogens is 274 g/mol. The van der Waals surface area contributed by atoms with E-state index in [1.807, 2.05) is 24.3 Å². The molecule has 0 bridgehead atoms. The Bertz CT molecular complexity index is 594. The number of aliphatic hydroxyl groups is 1. The molecule has 0 aromatic heterocycles. The van der Waals surface area contributed by atoms with Gasteiger partial charge in [-0.1, -0.05) is 44.2 Å². The van der Waals surface area contributed by atoms with Crippen LogP contribution in [0.2, 0.25) is 0 Å². The number of hydrogen-bond donors (Lipinski definition) is 1. The van der Waals surface area contributed by atoms with Crippen molar-refractivity contribution < 1.29 is 18.6 Å². The van der Waals surface area contributed by atoms with Crippen molar-refractivity contribution in [3.63, 3.8) is 0 Å². The van der Waals surface area contributed by atoms with E-state index < -0.39 is 17.7 Å². The van der Waals surface area contributed by atoms with E-state index in [2.05, 4.69) is 13.8 Å². The summed E-state index contributed by atoms with van der Waals surface area (Å²) in [5, 5.41) is 10.0. The maximum atomic E-state index is 13.4. The first kappa shape index (κ1) is 15.4. The first-order valence-electron chi connectivity index (χ1n) is 6.83. The molecule has 0 radical (unpaired) electrons. The molecule has 2 rings (SSSR count). The molecule has 2 aromatic carbocycles. The molecule has 0 aliphatic heterocycles. The fourth-order valence-corrected chi connectivity index (χ4v) is 1.96. The Labute approximate surface area is 123 Å². The van der Waals surface area contributed by atoms with Crippen LogP contribution in [0.25, 0.3) is 0 Å². The van der Waals surface area contributed by atoms with Gasteiger partial charge >= 0.3 is 0 Å². The van der Waals surface area contributed by atoms with Gasteiger partial charge in [0.15, 0.2) is 11.6 Å². The molecule has 0 aliphatic rings. The lowest BCUT2D eigenvalue weighted by Crippen LogP contribution is -2.10. The standard InChI is InChI=1S/C17H18F2O2/c1-11(2)12-6-8-13(9-7-12)15(20)10-21-16-5-3-4-14(18)17(16)19/h3-9,11,15,20H,10H2,1-2H3. The van der Waals surface area contributed by atoms with Crippen LogP contribution in [0.3, 0.4) is 0 Å². The molecule has 0 saturated carbocycles. The van der Waals surface area contributed by atoms with Gasteiger partial charge in [0.05, 0.1) is 0 Å². The van der Waals surface area contributed by atoms with E-state index in [9.17, 15) is 13.9 Å². The average Bonchev–Trinajstić information content (AvgIpc) is 2.48. The van der Waals surface area contributed by atoms with Crippen LogP contribution in [0.15, 0.2) is 42.5 Å². The predicted octanol–water partition coefficient (Wildman–Crippen LogP) is 4.20. The largest absolute Gasteiger partial charge is 0.487 e. The SMILES string of the molecule is CC(C)c1ccc(C(O)COc2cccc(F)c2F)cc1. The van der Waals surface area contributed by atoms with Crippen LogP contribution in [0.1, 0.15) is 37.0 Å². The maximum absolute atomic E-state index is 13.4. The second kappa shape index (κ2) is 6.68. The second-order valence-corrected chi connectivity index (χ2v) is 5.20. The van der Waals surface area contributed by atoms with E-state index in [1.54, 1.807) is 0 Å². The van der Waals surface area contributed by atoms with Crippen LogP contribution in [-0.2, 0) is 0 Å². The molecule has 2 aromatic rings. The number of ether oxygens (including phenoxy) is 1. The van der Waals surface area contributed by atoms with Crippen molar-refractivity contribution in [1.29, 1.82) is 0 Å². The Morgan fingerprint density at radius 2 is 1.62 bits per heavy atom. The fourth-order valence-electron chi connectivity index (χ4n) is 1.96. The molecule has 21 heavy (non-hydrogen) atoms. The lowest BCUT2D eigenvalue weighted by Gasteiger charge is -2.14. The average molecular weight is 292 g/mol. The zero-order valence-electron chi connectivity index (χ0n) is 12.0. The summed E-state index contributed by atoms with van der Waals surface area (Å²) >= 11 is 0. The minimum absolute atomic E-state index is 0.138. The molecule has 1 N–H and O–H groups in total. The molecular formula is C17H18F2O2. The van der Waals surface area contributed by atoms with Crippen molar-refractivity contribution in [2.24, 2.45) is 0 Å². The fraction of sp³-hybridized carbons (Fsp3) is 0.294. The van der Waals surface area contributed by atoms with Crippen LogP contribution in [-0.4, -0.2) is 11.7 Å². The quantitative estimate of drug-likeness (QED) is 0.895. The van der Waals surface area contributed by atoms with Crippen molar-refractivity contribution in [3.05, 3.63) is 65.2 Å². The lowest BCUT2D eigenvalue weighted by molar-refractivity contribution is 0.105. The molecule has 0 amide bonds. The number of benzene rings is 2. The van der Waals surface area contributed by atoms with Gasteiger partial charge < -0.3 is 9.84 Å². The molecule has 1 unspecified atom stereocenters. The molecule has 112 valence electrons. The highest BCUT2D eigenvalue weighted by molar-refractivity contribution is 5.27. The third-order valence-electron chi connectivity index (χ3n) is 3.30. The molecule has 0 heterocycles. The van der Waals surface area contributed by atoms with Crippen molar-refractivity contribution in [3.8, 4) is 5.75 Å². The summed E-state index contributed by atoms with van der Waals surface area (Å²) in [5.74, 6) is -1.80. The van der Waals surface area contributed by atoms with E-state index in [-0.39, 0.29) is 12.4 Å². The topological polar surface area (TPSA) is 29.5 Å². The van der Waals surface area contributed by atoms with Crippen molar-refractivity contribution in [2.45, 2.75) is 25.9 Å². The van der Waals surface area contributed by atoms with E-state index in [0.29, 0.717) is 11.5 Å². The minimum Gasteiger partial charge on any atom is -0.487 e. The van der Waals surface area contributed by atoms with Crippen molar-refractivity contribution in [1.82, 2.24) is 0 Å². The van der Waals surface area contributed by atoms with Gasteiger partial charge in [0, 0.05) is 0 Å². The molecule has 1 atom stereocenters. The van der Waals surface area contributed by atoms with Crippen LogP contribution >= 0.6 is 0 Å². The summed E-state index contributed by atoms with van der Waals surface area (Å²) < 4.78 is 31.6. The van der Waals surface area contributed by atoms with Crippen LogP contribution < -0.4 is 4.74 Å². The van der Waals surface area contributed by atoms with E-state index in [0.717, 1.165) is 6.07 Å². The van der Waals surface area contributed by atoms with Crippen molar-refractivity contribution >= 4 is 0 Å². The number of halogens is 2. The van der Waals surface area contributed by atoms with Crippen LogP contribution in [0.4, 0.5) is 8.78 Å². The Kier molecular flexibility index (Phi) is 4.91. The highest BCUT2D eigenvalue weighted by Crippen LogP contribution is 2.22. The van der Waals surface area contributed by atoms with Gasteiger partial charge in [-0.25, -0.2) is 4.39 Å². The third-order valence-corrected chi connectivity index (χ3v) is 3.30. The molecule has 0 fully saturated rings. The Hall–Kier alpha value is -1.94. The number of rotatable bonds is 5. The lowest BCUT2D eigenvalue weighted by atomic mass is 10.0. The van der Waals surface area contributed by atoms with E-state index in [4.69, 9.17) is 4.74 Å². The van der Waals surface area contributed by atoms with Gasteiger partial charge in [-0.15, -0.1) is 0 Å². The molecule has 2 nitrogen and oxygen atoms in total. The highest BCUT2D eigenvalue weighted by Gasteiger charge is 2.13. The predicted molar refractivity (Wildman–Crippen MR) is 77.3 cm³/mol. The normalized spacial score (nSPS) is 12.5. The van der Waals surface area contributed by atoms with Gasteiger partial charge in [0.25, 0.3) is 0 Å².